The summed E-state index contributed by atoms with van der Waals surface area (Å²) in [4.78, 5) is 11.2. The van der Waals surface area contributed by atoms with Gasteiger partial charge in [0.25, 0.3) is 0 Å². The molecule has 0 saturated heterocycles. The maximum absolute atomic E-state index is 11.2. The number of nitrogens with one attached hydrogen (secondary N) is 1. The first-order chi connectivity index (χ1) is 8.81. The molecule has 1 heterocycles. The van der Waals surface area contributed by atoms with Gasteiger partial charge in [0, 0.05) is 25.4 Å². The first kappa shape index (κ1) is 11.5. The maximum atomic E-state index is 11.2. The van der Waals surface area contributed by atoms with E-state index in [0.29, 0.717) is 18.6 Å². The summed E-state index contributed by atoms with van der Waals surface area (Å²) >= 11 is 0. The molecule has 96 valence electrons. The quantitative estimate of drug-likeness (QED) is 0.887. The van der Waals surface area contributed by atoms with Gasteiger partial charge in [0.2, 0.25) is 6.79 Å². The smallest absolute Gasteiger partial charge is 0.231 e. The standard InChI is InChI=1S/C14H17NO3/c16-12-4-2-11(3-5-12)15-8-10-1-6-13-14(7-10)18-9-17-13/h1,6-7,11,15H,2-5,8-9H2. The maximum Gasteiger partial charge on any atom is 0.231 e. The van der Waals surface area contributed by atoms with Crippen molar-refractivity contribution in [1.29, 1.82) is 0 Å². The molecule has 1 saturated carbocycles. The number of benzene rings is 1. The summed E-state index contributed by atoms with van der Waals surface area (Å²) in [6.07, 6.45) is 3.37. The van der Waals surface area contributed by atoms with Crippen LogP contribution < -0.4 is 14.8 Å². The SMILES string of the molecule is O=C1CCC(NCc2ccc3c(c2)OCO3)CC1. The fraction of sp³-hybridized carbons (Fsp3) is 0.500. The van der Waals surface area contributed by atoms with E-state index in [1.807, 2.05) is 12.1 Å². The molecule has 4 heteroatoms. The Kier molecular flexibility index (Phi) is 3.19. The van der Waals surface area contributed by atoms with E-state index in [2.05, 4.69) is 11.4 Å². The number of carbonyl (C=O) groups is 1. The fourth-order valence-electron chi connectivity index (χ4n) is 2.46. The number of fused-ring (bicyclic) bond motifs is 1. The van der Waals surface area contributed by atoms with E-state index in [1.165, 1.54) is 5.56 Å². The molecule has 0 unspecified atom stereocenters. The molecule has 3 rings (SSSR count). The molecule has 0 aromatic heterocycles. The van der Waals surface area contributed by atoms with Crippen LogP contribution in [0, 0.1) is 0 Å². The molecule has 0 atom stereocenters. The van der Waals surface area contributed by atoms with Gasteiger partial charge in [-0.1, -0.05) is 6.07 Å². The summed E-state index contributed by atoms with van der Waals surface area (Å²) in [7, 11) is 0. The van der Waals surface area contributed by atoms with E-state index < -0.39 is 0 Å². The van der Waals surface area contributed by atoms with Gasteiger partial charge in [-0.15, -0.1) is 0 Å². The third-order valence-corrected chi connectivity index (χ3v) is 3.58. The molecule has 1 N–H and O–H groups in total. The van der Waals surface area contributed by atoms with Gasteiger partial charge in [-0.25, -0.2) is 0 Å². The lowest BCUT2D eigenvalue weighted by molar-refractivity contribution is -0.120. The third-order valence-electron chi connectivity index (χ3n) is 3.58. The molecular formula is C14H17NO3. The van der Waals surface area contributed by atoms with Crippen LogP contribution in [-0.4, -0.2) is 18.6 Å². The van der Waals surface area contributed by atoms with Crippen molar-refractivity contribution in [3.63, 3.8) is 0 Å². The molecule has 1 aliphatic carbocycles. The van der Waals surface area contributed by atoms with Crippen molar-refractivity contribution >= 4 is 5.78 Å². The van der Waals surface area contributed by atoms with E-state index >= 15 is 0 Å². The first-order valence-electron chi connectivity index (χ1n) is 6.45. The summed E-state index contributed by atoms with van der Waals surface area (Å²) in [6, 6.07) is 6.48. The molecule has 0 radical (unpaired) electrons. The molecule has 0 spiro atoms. The number of ether oxygens (including phenoxy) is 2. The van der Waals surface area contributed by atoms with Gasteiger partial charge in [0.1, 0.15) is 5.78 Å². The van der Waals surface area contributed by atoms with E-state index in [0.717, 1.165) is 43.7 Å². The average Bonchev–Trinajstić information content (AvgIpc) is 2.85. The summed E-state index contributed by atoms with van der Waals surface area (Å²) in [6.45, 7) is 1.13. The monoisotopic (exact) mass is 247 g/mol. The van der Waals surface area contributed by atoms with Gasteiger partial charge >= 0.3 is 0 Å². The topological polar surface area (TPSA) is 47.6 Å². The zero-order valence-corrected chi connectivity index (χ0v) is 10.3. The highest BCUT2D eigenvalue weighted by Gasteiger charge is 2.18. The van der Waals surface area contributed by atoms with E-state index in [9.17, 15) is 4.79 Å². The van der Waals surface area contributed by atoms with E-state index in [4.69, 9.17) is 9.47 Å². The van der Waals surface area contributed by atoms with Crippen molar-refractivity contribution in [3.05, 3.63) is 23.8 Å². The van der Waals surface area contributed by atoms with Crippen LogP contribution in [0.25, 0.3) is 0 Å². The number of ketones is 1. The minimum Gasteiger partial charge on any atom is -0.454 e. The number of carbonyl (C=O) groups excluding carboxylic acids is 1. The van der Waals surface area contributed by atoms with Crippen molar-refractivity contribution < 1.29 is 14.3 Å². The van der Waals surface area contributed by atoms with Gasteiger partial charge in [-0.05, 0) is 30.5 Å². The van der Waals surface area contributed by atoms with Gasteiger partial charge in [0.05, 0.1) is 0 Å². The Bertz CT molecular complexity index is 448. The lowest BCUT2D eigenvalue weighted by atomic mass is 9.94. The highest BCUT2D eigenvalue weighted by atomic mass is 16.7. The van der Waals surface area contributed by atoms with Gasteiger partial charge in [-0.2, -0.15) is 0 Å². The molecular weight excluding hydrogens is 230 g/mol. The van der Waals surface area contributed by atoms with Crippen molar-refractivity contribution in [2.45, 2.75) is 38.3 Å². The number of hydrogen-bond donors (Lipinski definition) is 1. The molecule has 18 heavy (non-hydrogen) atoms. The van der Waals surface area contributed by atoms with Crippen LogP contribution in [-0.2, 0) is 11.3 Å². The fourth-order valence-corrected chi connectivity index (χ4v) is 2.46. The van der Waals surface area contributed by atoms with Gasteiger partial charge in [0.15, 0.2) is 11.5 Å². The van der Waals surface area contributed by atoms with Gasteiger partial charge in [-0.3, -0.25) is 4.79 Å². The van der Waals surface area contributed by atoms with Crippen molar-refractivity contribution in [3.8, 4) is 11.5 Å². The zero-order valence-electron chi connectivity index (χ0n) is 10.3. The zero-order chi connectivity index (χ0) is 12.4. The summed E-state index contributed by atoms with van der Waals surface area (Å²) in [5.74, 6) is 2.05. The first-order valence-corrected chi connectivity index (χ1v) is 6.45. The lowest BCUT2D eigenvalue weighted by Gasteiger charge is -2.22. The third kappa shape index (κ3) is 2.48. The van der Waals surface area contributed by atoms with Crippen molar-refractivity contribution in [2.75, 3.05) is 6.79 Å². The number of rotatable bonds is 3. The van der Waals surface area contributed by atoms with Crippen LogP contribution in [0.1, 0.15) is 31.2 Å². The molecule has 0 amide bonds. The minimum atomic E-state index is 0.316. The molecule has 1 aromatic carbocycles. The molecule has 1 aromatic rings. The second-order valence-electron chi connectivity index (χ2n) is 4.88. The molecule has 0 bridgehead atoms. The lowest BCUT2D eigenvalue weighted by Crippen LogP contribution is -2.32. The predicted octanol–water partition coefficient (Wildman–Crippen LogP) is 2.02. The van der Waals surface area contributed by atoms with Crippen LogP contribution in [0.3, 0.4) is 0 Å². The Labute approximate surface area is 106 Å². The Morgan fingerprint density at radius 3 is 2.78 bits per heavy atom. The number of Topliss-reactive ketones (excluding diaryl/α,β-unsaturated/α-hetero) is 1. The van der Waals surface area contributed by atoms with Crippen LogP contribution in [0.4, 0.5) is 0 Å². The Balaban J connectivity index is 1.55. The highest BCUT2D eigenvalue weighted by Crippen LogP contribution is 2.32. The average molecular weight is 247 g/mol. The van der Waals surface area contributed by atoms with Gasteiger partial charge < -0.3 is 14.8 Å². The molecule has 1 aliphatic heterocycles. The second kappa shape index (κ2) is 4.98. The second-order valence-corrected chi connectivity index (χ2v) is 4.88. The summed E-state index contributed by atoms with van der Waals surface area (Å²) in [5, 5.41) is 3.50. The Morgan fingerprint density at radius 2 is 1.94 bits per heavy atom. The predicted molar refractivity (Wildman–Crippen MR) is 66.7 cm³/mol. The minimum absolute atomic E-state index is 0.316. The molecule has 4 nitrogen and oxygen atoms in total. The van der Waals surface area contributed by atoms with Crippen LogP contribution in [0.2, 0.25) is 0 Å². The Morgan fingerprint density at radius 1 is 1.17 bits per heavy atom. The summed E-state index contributed by atoms with van der Waals surface area (Å²) in [5.41, 5.74) is 1.19. The normalized spacial score (nSPS) is 19.2. The highest BCUT2D eigenvalue weighted by molar-refractivity contribution is 5.79. The van der Waals surface area contributed by atoms with Crippen LogP contribution in [0.15, 0.2) is 18.2 Å². The largest absolute Gasteiger partial charge is 0.454 e. The van der Waals surface area contributed by atoms with Crippen molar-refractivity contribution in [1.82, 2.24) is 5.32 Å². The number of hydrogen-bond acceptors (Lipinski definition) is 4. The van der Waals surface area contributed by atoms with E-state index in [-0.39, 0.29) is 0 Å². The van der Waals surface area contributed by atoms with Crippen LogP contribution >= 0.6 is 0 Å². The Hall–Kier alpha value is -1.55. The van der Waals surface area contributed by atoms with Crippen LogP contribution in [0.5, 0.6) is 11.5 Å². The molecule has 1 fully saturated rings. The van der Waals surface area contributed by atoms with Crippen molar-refractivity contribution in [2.24, 2.45) is 0 Å². The van der Waals surface area contributed by atoms with E-state index in [1.54, 1.807) is 0 Å². The molecule has 2 aliphatic rings. The summed E-state index contributed by atoms with van der Waals surface area (Å²) < 4.78 is 10.6.